The number of unbranched alkanes of at least 4 members (excludes halogenated alkanes) is 1. The van der Waals surface area contributed by atoms with Gasteiger partial charge in [0.05, 0.1) is 157 Å². The van der Waals surface area contributed by atoms with Crippen molar-refractivity contribution in [3.8, 4) is 11.1 Å². The van der Waals surface area contributed by atoms with Crippen LogP contribution in [0, 0.1) is 0 Å². The lowest BCUT2D eigenvalue weighted by atomic mass is 9.93. The number of benzene rings is 2. The maximum Gasteiger partial charge on any atom is 0.407 e. The van der Waals surface area contributed by atoms with Crippen molar-refractivity contribution < 1.29 is 85.6 Å². The maximum atomic E-state index is 12.7. The summed E-state index contributed by atoms with van der Waals surface area (Å²) in [6.07, 6.45) is 7.05. The molecular weight excluding hydrogens is 1170 g/mol. The number of hydrogen-bond acceptors (Lipinski definition) is 19. The number of aryl methyl sites for hydroxylation is 1. The van der Waals surface area contributed by atoms with Crippen LogP contribution < -0.4 is 31.9 Å². The number of alkyl carbamates (subject to hydrolysis) is 2. The first-order valence-corrected chi connectivity index (χ1v) is 33.2. The molecule has 24 nitrogen and oxygen atoms in total. The van der Waals surface area contributed by atoms with Crippen molar-refractivity contribution in [2.45, 2.75) is 138 Å². The van der Waals surface area contributed by atoms with Crippen LogP contribution in [0.1, 0.15) is 102 Å². The van der Waals surface area contributed by atoms with E-state index in [1.807, 2.05) is 44.7 Å². The number of hydrogen-bond donors (Lipinski definition) is 6. The minimum atomic E-state index is -0.545. The first-order valence-electron chi connectivity index (χ1n) is 32.1. The summed E-state index contributed by atoms with van der Waals surface area (Å²) in [6, 6.07) is 17.1. The Bertz CT molecular complexity index is 2300. The van der Waals surface area contributed by atoms with E-state index in [1.54, 1.807) is 0 Å². The number of nitrogens with one attached hydrogen (secondary N) is 6. The van der Waals surface area contributed by atoms with Gasteiger partial charge in [0.1, 0.15) is 11.7 Å². The summed E-state index contributed by atoms with van der Waals surface area (Å²) in [5, 5.41) is 18.2. The zero-order valence-electron chi connectivity index (χ0n) is 52.9. The molecule has 0 spiro atoms. The second-order valence-corrected chi connectivity index (χ2v) is 24.5. The SMILES string of the molecule is CC(C)(C)OC(=O)N[C@H]1CC[C@H](OC(=O)N[C@@H]2C[C@H]2c2ccc(-c3cccc(CCC(=O)NCCOCCOCCOCCOCCOCCOCCOCCOCCOCCOCCOCCNC(=O)CCCC[C@@H]4SC[C@@H]5NC(=O)N[C@@H]54)c3)cc2)CC1. The molecule has 89 heavy (non-hydrogen) atoms. The molecule has 2 aromatic carbocycles. The Morgan fingerprint density at radius 1 is 0.551 bits per heavy atom. The minimum Gasteiger partial charge on any atom is -0.446 e. The van der Waals surface area contributed by atoms with Crippen molar-refractivity contribution in [3.05, 3.63) is 59.7 Å². The fourth-order valence-corrected chi connectivity index (χ4v) is 11.8. The third-order valence-corrected chi connectivity index (χ3v) is 16.4. The Morgan fingerprint density at radius 3 is 1.55 bits per heavy atom. The molecule has 2 aliphatic heterocycles. The van der Waals surface area contributed by atoms with E-state index in [9.17, 15) is 24.0 Å². The molecular formula is C64H102N6O18S. The highest BCUT2D eigenvalue weighted by Gasteiger charge is 2.43. The highest BCUT2D eigenvalue weighted by molar-refractivity contribution is 8.00. The third kappa shape index (κ3) is 32.8. The zero-order valence-corrected chi connectivity index (χ0v) is 53.7. The molecule has 25 heteroatoms. The second-order valence-electron chi connectivity index (χ2n) is 23.2. The largest absolute Gasteiger partial charge is 0.446 e. The fraction of sp³-hybridized carbons (Fsp3) is 0.734. The summed E-state index contributed by atoms with van der Waals surface area (Å²) in [7, 11) is 0. The van der Waals surface area contributed by atoms with Gasteiger partial charge in [-0.2, -0.15) is 11.8 Å². The zero-order chi connectivity index (χ0) is 63.0. The Hall–Kier alpha value is -4.90. The van der Waals surface area contributed by atoms with Crippen molar-refractivity contribution in [1.82, 2.24) is 31.9 Å². The molecule has 0 unspecified atom stereocenters. The lowest BCUT2D eigenvalue weighted by Crippen LogP contribution is -2.42. The van der Waals surface area contributed by atoms with Gasteiger partial charge in [0.2, 0.25) is 11.8 Å². The smallest absolute Gasteiger partial charge is 0.407 e. The van der Waals surface area contributed by atoms with Gasteiger partial charge >= 0.3 is 18.2 Å². The van der Waals surface area contributed by atoms with E-state index in [0.29, 0.717) is 196 Å². The number of ether oxygens (including phenoxy) is 13. The molecule has 4 fully saturated rings. The maximum absolute atomic E-state index is 12.7. The van der Waals surface area contributed by atoms with E-state index in [0.717, 1.165) is 61.0 Å². The Balaban J connectivity index is 0.601. The Kier molecular flexibility index (Phi) is 36.0. The molecule has 6 N–H and O–H groups in total. The molecule has 2 aromatic rings. The Labute approximate surface area is 530 Å². The lowest BCUT2D eigenvalue weighted by Gasteiger charge is -2.29. The van der Waals surface area contributed by atoms with Gasteiger partial charge < -0.3 is 93.5 Å². The molecule has 5 atom stereocenters. The van der Waals surface area contributed by atoms with Crippen LogP contribution in [0.15, 0.2) is 48.5 Å². The highest BCUT2D eigenvalue weighted by atomic mass is 32.2. The number of carbonyl (C=O) groups is 5. The van der Waals surface area contributed by atoms with Crippen molar-refractivity contribution in [2.75, 3.05) is 164 Å². The van der Waals surface area contributed by atoms with Gasteiger partial charge in [-0.15, -0.1) is 0 Å². The lowest BCUT2D eigenvalue weighted by molar-refractivity contribution is -0.122. The van der Waals surface area contributed by atoms with Gasteiger partial charge in [-0.05, 0) is 94.4 Å². The van der Waals surface area contributed by atoms with Crippen LogP contribution in [0.3, 0.4) is 0 Å². The molecule has 2 aliphatic carbocycles. The summed E-state index contributed by atoms with van der Waals surface area (Å²) >= 11 is 1.90. The number of fused-ring (bicyclic) bond motifs is 1. The molecule has 4 aliphatic rings. The molecule has 0 bridgehead atoms. The van der Waals surface area contributed by atoms with E-state index in [1.165, 1.54) is 5.56 Å². The van der Waals surface area contributed by atoms with Crippen molar-refractivity contribution in [3.63, 3.8) is 0 Å². The Morgan fingerprint density at radius 2 is 1.04 bits per heavy atom. The van der Waals surface area contributed by atoms with E-state index in [4.69, 9.17) is 61.6 Å². The summed E-state index contributed by atoms with van der Waals surface area (Å²) < 4.78 is 72.1. The van der Waals surface area contributed by atoms with Gasteiger partial charge in [0, 0.05) is 54.9 Å². The van der Waals surface area contributed by atoms with Gasteiger partial charge in [0.15, 0.2) is 0 Å². The van der Waals surface area contributed by atoms with Crippen LogP contribution in [0.5, 0.6) is 0 Å². The monoisotopic (exact) mass is 1270 g/mol. The van der Waals surface area contributed by atoms with Crippen molar-refractivity contribution in [1.29, 1.82) is 0 Å². The van der Waals surface area contributed by atoms with Gasteiger partial charge in [-0.25, -0.2) is 14.4 Å². The van der Waals surface area contributed by atoms with Crippen LogP contribution in [0.4, 0.5) is 14.4 Å². The predicted octanol–water partition coefficient (Wildman–Crippen LogP) is 5.85. The molecule has 0 radical (unpaired) electrons. The van der Waals surface area contributed by atoms with Crippen LogP contribution in [0.25, 0.3) is 11.1 Å². The average Bonchev–Trinajstić information content (AvgIpc) is 2.04. The first kappa shape index (κ1) is 73.2. The molecule has 2 heterocycles. The number of amides is 6. The molecule has 6 rings (SSSR count). The highest BCUT2D eigenvalue weighted by Crippen LogP contribution is 2.41. The molecule has 2 saturated heterocycles. The third-order valence-electron chi connectivity index (χ3n) is 14.9. The fourth-order valence-electron chi connectivity index (χ4n) is 10.2. The van der Waals surface area contributed by atoms with Gasteiger partial charge in [0.25, 0.3) is 0 Å². The van der Waals surface area contributed by atoms with E-state index >= 15 is 0 Å². The standard InChI is InChI=1S/C64H102N6O18S/c1-64(2,3)88-63(75)67-52-16-18-53(19-17-52)87-62(74)69-55-46-54(55)50-14-12-49(13-15-50)51-8-6-7-48(45-51)11-20-59(72)66-22-24-77-26-28-79-30-32-81-34-36-83-38-40-85-42-44-86-43-41-84-39-37-82-35-33-80-31-29-78-27-25-76-23-21-65-58(71)10-5-4-9-57-60-56(47-89-57)68-61(73)70-60/h6-8,12-15,45,52-57,60H,4-5,9-11,16-44,46-47H2,1-3H3,(H,65,71)(H,66,72)(H,67,75)(H,69,74)(H2,68,70,73)/t52-,53-,54-,55+,56-,57-,60-/m0/s1. The summed E-state index contributed by atoms with van der Waals surface area (Å²) in [5.74, 6) is 1.20. The van der Waals surface area contributed by atoms with Crippen LogP contribution in [-0.4, -0.2) is 235 Å². The second kappa shape index (κ2) is 43.8. The molecule has 502 valence electrons. The van der Waals surface area contributed by atoms with Gasteiger partial charge in [-0.1, -0.05) is 55.0 Å². The minimum absolute atomic E-state index is 0.0182. The summed E-state index contributed by atoms with van der Waals surface area (Å²) in [6.45, 7) is 16.4. The van der Waals surface area contributed by atoms with Crippen LogP contribution in [0.2, 0.25) is 0 Å². The molecule has 6 amide bonds. The first-order chi connectivity index (χ1) is 43.4. The number of thioether (sulfide) groups is 1. The quantitative estimate of drug-likeness (QED) is 0.0335. The summed E-state index contributed by atoms with van der Waals surface area (Å²) in [5.41, 5.74) is 3.88. The van der Waals surface area contributed by atoms with Crippen LogP contribution >= 0.6 is 11.8 Å². The molecule has 0 aromatic heterocycles. The number of rotatable bonds is 49. The summed E-state index contributed by atoms with van der Waals surface area (Å²) in [4.78, 5) is 61.0. The van der Waals surface area contributed by atoms with Crippen LogP contribution in [-0.2, 0) is 77.6 Å². The van der Waals surface area contributed by atoms with Gasteiger partial charge in [-0.3, -0.25) is 9.59 Å². The normalized spacial score (nSPS) is 20.3. The van der Waals surface area contributed by atoms with Crippen molar-refractivity contribution >= 4 is 41.8 Å². The molecule has 2 saturated carbocycles. The number of carbonyl (C=O) groups excluding carboxylic acids is 5. The predicted molar refractivity (Wildman–Crippen MR) is 335 cm³/mol. The van der Waals surface area contributed by atoms with E-state index < -0.39 is 11.7 Å². The topological polar surface area (TPSA) is 278 Å². The number of urea groups is 1. The van der Waals surface area contributed by atoms with E-state index in [2.05, 4.69) is 68.3 Å². The van der Waals surface area contributed by atoms with Crippen molar-refractivity contribution in [2.24, 2.45) is 0 Å². The van der Waals surface area contributed by atoms with E-state index in [-0.39, 0.29) is 60.1 Å². The average molecular weight is 1280 g/mol.